The van der Waals surface area contributed by atoms with E-state index in [2.05, 4.69) is 15.5 Å². The largest absolute Gasteiger partial charge is 0.506 e. The first kappa shape index (κ1) is 19.6. The molecule has 3 aromatic rings. The van der Waals surface area contributed by atoms with Crippen LogP contribution in [0.25, 0.3) is 11.2 Å². The average molecular weight is 402 g/mol. The average Bonchev–Trinajstić information content (AvgIpc) is 3.07. The van der Waals surface area contributed by atoms with Gasteiger partial charge in [0.1, 0.15) is 11.4 Å². The Morgan fingerprint density at radius 3 is 2.80 bits per heavy atom. The normalized spacial score (nSPS) is 18.3. The van der Waals surface area contributed by atoms with Crippen molar-refractivity contribution in [2.24, 2.45) is 0 Å². The predicted molar refractivity (Wildman–Crippen MR) is 115 cm³/mol. The highest BCUT2D eigenvalue weighted by atomic mass is 16.5. The number of fused-ring (bicyclic) bond motifs is 1. The second-order valence-corrected chi connectivity index (χ2v) is 7.26. The Labute approximate surface area is 174 Å². The Morgan fingerprint density at radius 2 is 2.03 bits per heavy atom. The summed E-state index contributed by atoms with van der Waals surface area (Å²) < 4.78 is 7.29. The number of aryl methyl sites for hydroxylation is 1. The number of aromatic hydroxyl groups is 1. The van der Waals surface area contributed by atoms with Gasteiger partial charge in [-0.2, -0.15) is 0 Å². The zero-order valence-corrected chi connectivity index (χ0v) is 17.0. The molecule has 1 aliphatic rings. The minimum absolute atomic E-state index is 0.0131. The Hall–Kier alpha value is -3.71. The topological polar surface area (TPSA) is 88.8 Å². The first-order valence-corrected chi connectivity index (χ1v) is 9.50. The van der Waals surface area contributed by atoms with Crippen molar-refractivity contribution in [1.29, 1.82) is 0 Å². The number of allylic oxidation sites excluding steroid dienone is 4. The third-order valence-corrected chi connectivity index (χ3v) is 5.16. The van der Waals surface area contributed by atoms with E-state index in [0.29, 0.717) is 22.7 Å². The summed E-state index contributed by atoms with van der Waals surface area (Å²) in [4.78, 5) is 12.9. The van der Waals surface area contributed by atoms with Crippen LogP contribution in [0.15, 0.2) is 66.9 Å². The molecule has 1 atom stereocenters. The number of nitrogens with one attached hydrogen (secondary N) is 1. The third-order valence-electron chi connectivity index (χ3n) is 5.16. The molecule has 0 fully saturated rings. The zero-order chi connectivity index (χ0) is 21.3. The van der Waals surface area contributed by atoms with Crippen molar-refractivity contribution < 1.29 is 14.6 Å². The molecule has 0 aliphatic heterocycles. The number of aromatic nitrogens is 3. The zero-order valence-electron chi connectivity index (χ0n) is 17.0. The fraction of sp³-hybridized carbons (Fsp3) is 0.174. The van der Waals surface area contributed by atoms with Crippen LogP contribution in [0, 0.1) is 6.92 Å². The number of phenols is 1. The van der Waals surface area contributed by atoms with Crippen LogP contribution in [0.3, 0.4) is 0 Å². The summed E-state index contributed by atoms with van der Waals surface area (Å²) in [7, 11) is 1.66. The third kappa shape index (κ3) is 3.51. The molecule has 0 saturated carbocycles. The number of nitrogens with zero attached hydrogens (tertiary/aromatic N) is 3. The summed E-state index contributed by atoms with van der Waals surface area (Å²) >= 11 is 0. The van der Waals surface area contributed by atoms with E-state index < -0.39 is 5.60 Å². The van der Waals surface area contributed by atoms with Crippen LogP contribution in [0.5, 0.6) is 5.75 Å². The van der Waals surface area contributed by atoms with E-state index in [9.17, 15) is 9.90 Å². The number of amides is 1. The molecule has 2 heterocycles. The number of pyridine rings is 1. The van der Waals surface area contributed by atoms with E-state index in [0.717, 1.165) is 11.1 Å². The summed E-state index contributed by atoms with van der Waals surface area (Å²) in [5.74, 6) is 0.250. The summed E-state index contributed by atoms with van der Waals surface area (Å²) in [6.07, 6.45) is 11.5. The Kier molecular flexibility index (Phi) is 4.97. The molecule has 30 heavy (non-hydrogen) atoms. The van der Waals surface area contributed by atoms with Gasteiger partial charge in [-0.05, 0) is 49.8 Å². The van der Waals surface area contributed by atoms with Gasteiger partial charge in [-0.25, -0.2) is 0 Å². The van der Waals surface area contributed by atoms with Crippen LogP contribution >= 0.6 is 0 Å². The Bertz CT molecular complexity index is 1200. The monoisotopic (exact) mass is 402 g/mol. The van der Waals surface area contributed by atoms with Crippen LogP contribution in [0.4, 0.5) is 5.69 Å². The van der Waals surface area contributed by atoms with E-state index in [1.807, 2.05) is 56.5 Å². The maximum atomic E-state index is 12.9. The number of carbonyl (C=O) groups excluding carboxylic acids is 1. The number of para-hydroxylation sites is 1. The Balaban J connectivity index is 1.71. The number of phenolic OH excluding ortho intramolecular Hbond substituents is 1. The highest BCUT2D eigenvalue weighted by Crippen LogP contribution is 2.28. The second kappa shape index (κ2) is 7.61. The fourth-order valence-electron chi connectivity index (χ4n) is 3.28. The molecule has 0 bridgehead atoms. The molecule has 2 aromatic heterocycles. The van der Waals surface area contributed by atoms with Gasteiger partial charge in [0.2, 0.25) is 0 Å². The SMILES string of the molecule is COC1(C)C=CC=C(c2nnc3c(C(=O)Nc4c(C)cccc4O)cccn23)C=C1. The number of hydrogen-bond acceptors (Lipinski definition) is 5. The first-order valence-electron chi connectivity index (χ1n) is 9.50. The molecule has 1 amide bonds. The molecule has 7 nitrogen and oxygen atoms in total. The lowest BCUT2D eigenvalue weighted by Crippen LogP contribution is -2.20. The molecule has 1 aromatic carbocycles. The predicted octanol–water partition coefficient (Wildman–Crippen LogP) is 3.91. The van der Waals surface area contributed by atoms with Crippen molar-refractivity contribution in [2.45, 2.75) is 19.4 Å². The van der Waals surface area contributed by atoms with Gasteiger partial charge in [0.05, 0.1) is 11.3 Å². The van der Waals surface area contributed by atoms with Gasteiger partial charge in [0.15, 0.2) is 11.5 Å². The summed E-state index contributed by atoms with van der Waals surface area (Å²) in [6.45, 7) is 3.78. The maximum Gasteiger partial charge on any atom is 0.259 e. The van der Waals surface area contributed by atoms with E-state index in [4.69, 9.17) is 4.74 Å². The number of hydrogen-bond donors (Lipinski definition) is 2. The van der Waals surface area contributed by atoms with Crippen molar-refractivity contribution in [3.63, 3.8) is 0 Å². The Morgan fingerprint density at radius 1 is 1.20 bits per heavy atom. The van der Waals surface area contributed by atoms with Crippen LogP contribution in [0.2, 0.25) is 0 Å². The van der Waals surface area contributed by atoms with Gasteiger partial charge in [0, 0.05) is 18.9 Å². The molecule has 4 rings (SSSR count). The number of benzene rings is 1. The van der Waals surface area contributed by atoms with Crippen LogP contribution in [0.1, 0.15) is 28.7 Å². The molecule has 1 unspecified atom stereocenters. The molecule has 152 valence electrons. The van der Waals surface area contributed by atoms with Gasteiger partial charge < -0.3 is 15.2 Å². The van der Waals surface area contributed by atoms with Crippen LogP contribution < -0.4 is 5.32 Å². The molecule has 2 N–H and O–H groups in total. The van der Waals surface area contributed by atoms with Crippen LogP contribution in [-0.4, -0.2) is 38.3 Å². The quantitative estimate of drug-likeness (QED) is 0.646. The molecule has 0 radical (unpaired) electrons. The van der Waals surface area contributed by atoms with Crippen molar-refractivity contribution in [1.82, 2.24) is 14.6 Å². The number of carbonyl (C=O) groups is 1. The number of rotatable bonds is 4. The van der Waals surface area contributed by atoms with Gasteiger partial charge in [-0.3, -0.25) is 9.20 Å². The molecular formula is C23H22N4O3. The van der Waals surface area contributed by atoms with E-state index in [1.54, 1.807) is 29.7 Å². The summed E-state index contributed by atoms with van der Waals surface area (Å²) in [5, 5.41) is 21.4. The van der Waals surface area contributed by atoms with Crippen molar-refractivity contribution in [3.8, 4) is 5.75 Å². The molecular weight excluding hydrogens is 380 g/mol. The minimum atomic E-state index is -0.501. The van der Waals surface area contributed by atoms with E-state index in [1.165, 1.54) is 6.07 Å². The van der Waals surface area contributed by atoms with Crippen molar-refractivity contribution in [3.05, 3.63) is 83.9 Å². The molecule has 0 spiro atoms. The van der Waals surface area contributed by atoms with Crippen molar-refractivity contribution in [2.75, 3.05) is 12.4 Å². The summed E-state index contributed by atoms with van der Waals surface area (Å²) in [6, 6.07) is 8.52. The highest BCUT2D eigenvalue weighted by Gasteiger charge is 2.20. The summed E-state index contributed by atoms with van der Waals surface area (Å²) in [5.41, 5.74) is 2.26. The molecule has 0 saturated heterocycles. The molecule has 1 aliphatic carbocycles. The van der Waals surface area contributed by atoms with E-state index in [-0.39, 0.29) is 11.7 Å². The van der Waals surface area contributed by atoms with E-state index >= 15 is 0 Å². The lowest BCUT2D eigenvalue weighted by atomic mass is 10.1. The molecule has 7 heteroatoms. The minimum Gasteiger partial charge on any atom is -0.506 e. The second-order valence-electron chi connectivity index (χ2n) is 7.26. The lowest BCUT2D eigenvalue weighted by molar-refractivity contribution is 0.0909. The number of anilines is 1. The number of ether oxygens (including phenoxy) is 1. The van der Waals surface area contributed by atoms with Crippen LogP contribution in [-0.2, 0) is 4.74 Å². The lowest BCUT2D eigenvalue weighted by Gasteiger charge is -2.18. The highest BCUT2D eigenvalue weighted by molar-refractivity contribution is 6.09. The maximum absolute atomic E-state index is 12.9. The standard InChI is InChI=1S/C23H22N4O3/c1-15-7-4-10-18(28)19(15)24-22(29)17-9-6-14-27-20(25-26-21(17)27)16-8-5-12-23(2,30-3)13-11-16/h4-14,28H,1-3H3,(H,24,29). The van der Waals surface area contributed by atoms with Gasteiger partial charge in [0.25, 0.3) is 5.91 Å². The smallest absolute Gasteiger partial charge is 0.259 e. The van der Waals surface area contributed by atoms with Gasteiger partial charge >= 0.3 is 0 Å². The fourth-order valence-corrected chi connectivity index (χ4v) is 3.28. The first-order chi connectivity index (χ1) is 14.4. The van der Waals surface area contributed by atoms with Crippen molar-refractivity contribution >= 4 is 22.8 Å². The van der Waals surface area contributed by atoms with Gasteiger partial charge in [-0.15, -0.1) is 10.2 Å². The van der Waals surface area contributed by atoms with Gasteiger partial charge in [-0.1, -0.05) is 30.4 Å². The number of methoxy groups -OCH3 is 1.